The molecule has 0 radical (unpaired) electrons. The Morgan fingerprint density at radius 3 is 2.45 bits per heavy atom. The predicted octanol–water partition coefficient (Wildman–Crippen LogP) is 3.38. The standard InChI is InChI=1S/C25H25N5O3/c1-15-7-9-16(10-8-15)23-27-28-24(33-23)17-11-13-30(14-12-17)21-18-5-3-4-6-19(18)29(2)25(32)20(21)22(26)31/h3-10,17H,11-14H2,1-2H3,(H2,26,31). The van der Waals surface area contributed by atoms with E-state index in [4.69, 9.17) is 10.2 Å². The lowest BCUT2D eigenvalue weighted by Gasteiger charge is -2.34. The predicted molar refractivity (Wildman–Crippen MR) is 126 cm³/mol. The minimum atomic E-state index is -0.710. The van der Waals surface area contributed by atoms with Crippen molar-refractivity contribution in [1.82, 2.24) is 14.8 Å². The number of nitrogens with zero attached hydrogens (tertiary/aromatic N) is 4. The first-order valence-corrected chi connectivity index (χ1v) is 11.0. The van der Waals surface area contributed by atoms with Gasteiger partial charge in [-0.1, -0.05) is 35.9 Å². The molecule has 0 unspecified atom stereocenters. The summed E-state index contributed by atoms with van der Waals surface area (Å²) >= 11 is 0. The molecule has 2 aromatic heterocycles. The first kappa shape index (κ1) is 20.9. The van der Waals surface area contributed by atoms with Crippen LogP contribution in [-0.4, -0.2) is 33.8 Å². The Morgan fingerprint density at radius 2 is 1.76 bits per heavy atom. The van der Waals surface area contributed by atoms with E-state index in [1.54, 1.807) is 7.05 Å². The second-order valence-corrected chi connectivity index (χ2v) is 8.54. The monoisotopic (exact) mass is 443 g/mol. The number of benzene rings is 2. The highest BCUT2D eigenvalue weighted by Gasteiger charge is 2.30. The Balaban J connectivity index is 1.43. The molecule has 2 aromatic carbocycles. The van der Waals surface area contributed by atoms with E-state index >= 15 is 0 Å². The van der Waals surface area contributed by atoms with Gasteiger partial charge in [0.1, 0.15) is 5.56 Å². The number of piperidine rings is 1. The molecule has 1 amide bonds. The van der Waals surface area contributed by atoms with E-state index in [0.29, 0.717) is 30.6 Å². The first-order valence-electron chi connectivity index (χ1n) is 11.0. The maximum atomic E-state index is 12.9. The van der Waals surface area contributed by atoms with E-state index < -0.39 is 5.91 Å². The molecule has 0 bridgehead atoms. The number of hydrogen-bond acceptors (Lipinski definition) is 6. The molecular weight excluding hydrogens is 418 g/mol. The van der Waals surface area contributed by atoms with Crippen LogP contribution in [0, 0.1) is 6.92 Å². The lowest BCUT2D eigenvalue weighted by atomic mass is 9.95. The van der Waals surface area contributed by atoms with Crippen LogP contribution in [-0.2, 0) is 7.05 Å². The van der Waals surface area contributed by atoms with Gasteiger partial charge in [0.2, 0.25) is 11.8 Å². The van der Waals surface area contributed by atoms with E-state index in [-0.39, 0.29) is 17.0 Å². The number of fused-ring (bicyclic) bond motifs is 1. The largest absolute Gasteiger partial charge is 0.420 e. The molecule has 8 nitrogen and oxygen atoms in total. The van der Waals surface area contributed by atoms with Crippen molar-refractivity contribution >= 4 is 22.5 Å². The lowest BCUT2D eigenvalue weighted by Crippen LogP contribution is -2.38. The number of carbonyl (C=O) groups excluding carboxylic acids is 1. The van der Waals surface area contributed by atoms with Crippen LogP contribution >= 0.6 is 0 Å². The second kappa shape index (κ2) is 8.20. The van der Waals surface area contributed by atoms with E-state index in [0.717, 1.165) is 29.3 Å². The van der Waals surface area contributed by atoms with Crippen LogP contribution in [0.1, 0.15) is 40.6 Å². The van der Waals surface area contributed by atoms with Crippen LogP contribution in [0.5, 0.6) is 0 Å². The number of hydrogen-bond donors (Lipinski definition) is 1. The van der Waals surface area contributed by atoms with Crippen molar-refractivity contribution in [2.75, 3.05) is 18.0 Å². The zero-order chi connectivity index (χ0) is 23.1. The molecule has 33 heavy (non-hydrogen) atoms. The summed E-state index contributed by atoms with van der Waals surface area (Å²) in [5.74, 6) is 0.538. The molecule has 2 N–H and O–H groups in total. The zero-order valence-corrected chi connectivity index (χ0v) is 18.6. The van der Waals surface area contributed by atoms with E-state index in [2.05, 4.69) is 15.1 Å². The van der Waals surface area contributed by atoms with Gasteiger partial charge in [-0.25, -0.2) is 0 Å². The second-order valence-electron chi connectivity index (χ2n) is 8.54. The Bertz CT molecular complexity index is 1400. The average molecular weight is 444 g/mol. The fourth-order valence-electron chi connectivity index (χ4n) is 4.59. The van der Waals surface area contributed by atoms with Crippen LogP contribution in [0.25, 0.3) is 22.4 Å². The Hall–Kier alpha value is -3.94. The van der Waals surface area contributed by atoms with Crippen molar-refractivity contribution in [3.63, 3.8) is 0 Å². The van der Waals surface area contributed by atoms with E-state index in [1.165, 1.54) is 10.1 Å². The molecule has 3 heterocycles. The third-order valence-corrected chi connectivity index (χ3v) is 6.42. The SMILES string of the molecule is Cc1ccc(-c2nnc(C3CCN(c4c(C(N)=O)c(=O)n(C)c5ccccc45)CC3)o2)cc1. The van der Waals surface area contributed by atoms with Gasteiger partial charge in [-0.15, -0.1) is 10.2 Å². The number of primary amides is 1. The molecule has 0 saturated carbocycles. The highest BCUT2D eigenvalue weighted by molar-refractivity contribution is 6.06. The molecule has 168 valence electrons. The van der Waals surface area contributed by atoms with Crippen molar-refractivity contribution < 1.29 is 9.21 Å². The van der Waals surface area contributed by atoms with Crippen molar-refractivity contribution in [3.05, 3.63) is 75.9 Å². The topological polar surface area (TPSA) is 107 Å². The molecule has 4 aromatic rings. The highest BCUT2D eigenvalue weighted by atomic mass is 16.4. The summed E-state index contributed by atoms with van der Waals surface area (Å²) in [4.78, 5) is 27.3. The number of nitrogens with two attached hydrogens (primary N) is 1. The number of amides is 1. The minimum Gasteiger partial charge on any atom is -0.420 e. The molecule has 1 aliphatic heterocycles. The highest BCUT2D eigenvalue weighted by Crippen LogP contribution is 2.35. The van der Waals surface area contributed by atoms with Crippen LogP contribution in [0.2, 0.25) is 0 Å². The van der Waals surface area contributed by atoms with Gasteiger partial charge in [0.05, 0.1) is 11.2 Å². The number of aromatic nitrogens is 3. The normalized spacial score (nSPS) is 14.7. The quantitative estimate of drug-likeness (QED) is 0.518. The number of carbonyl (C=O) groups is 1. The maximum absolute atomic E-state index is 12.9. The van der Waals surface area contributed by atoms with E-state index in [1.807, 2.05) is 55.5 Å². The molecule has 5 rings (SSSR count). The van der Waals surface area contributed by atoms with Gasteiger partial charge in [-0.2, -0.15) is 0 Å². The summed E-state index contributed by atoms with van der Waals surface area (Å²) in [6.45, 7) is 3.32. The van der Waals surface area contributed by atoms with Crippen molar-refractivity contribution in [3.8, 4) is 11.5 Å². The minimum absolute atomic E-state index is 0.0362. The smallest absolute Gasteiger partial charge is 0.265 e. The van der Waals surface area contributed by atoms with Gasteiger partial charge in [0, 0.05) is 37.0 Å². The summed E-state index contributed by atoms with van der Waals surface area (Å²) in [6, 6.07) is 15.6. The average Bonchev–Trinajstić information content (AvgIpc) is 3.32. The summed E-state index contributed by atoms with van der Waals surface area (Å²) in [5, 5.41) is 9.37. The Kier molecular flexibility index (Phi) is 5.20. The number of anilines is 1. The molecule has 0 spiro atoms. The van der Waals surface area contributed by atoms with Gasteiger partial charge in [-0.05, 0) is 38.0 Å². The molecule has 1 fully saturated rings. The van der Waals surface area contributed by atoms with Crippen molar-refractivity contribution in [2.24, 2.45) is 12.8 Å². The Morgan fingerprint density at radius 1 is 1.06 bits per heavy atom. The van der Waals surface area contributed by atoms with Gasteiger partial charge in [0.25, 0.3) is 11.5 Å². The maximum Gasteiger partial charge on any atom is 0.265 e. The number of rotatable bonds is 4. The van der Waals surface area contributed by atoms with Crippen LogP contribution in [0.4, 0.5) is 5.69 Å². The lowest BCUT2D eigenvalue weighted by molar-refractivity contribution is 0.0999. The fourth-order valence-corrected chi connectivity index (χ4v) is 4.59. The molecule has 8 heteroatoms. The Labute approximate surface area is 190 Å². The molecule has 0 aliphatic carbocycles. The third-order valence-electron chi connectivity index (χ3n) is 6.42. The number of para-hydroxylation sites is 1. The van der Waals surface area contributed by atoms with Gasteiger partial charge < -0.3 is 19.6 Å². The summed E-state index contributed by atoms with van der Waals surface area (Å²) < 4.78 is 7.47. The van der Waals surface area contributed by atoms with Gasteiger partial charge in [0.15, 0.2) is 0 Å². The zero-order valence-electron chi connectivity index (χ0n) is 18.6. The summed E-state index contributed by atoms with van der Waals surface area (Å²) in [6.07, 6.45) is 1.52. The van der Waals surface area contributed by atoms with Crippen molar-refractivity contribution in [2.45, 2.75) is 25.7 Å². The van der Waals surface area contributed by atoms with Crippen molar-refractivity contribution in [1.29, 1.82) is 0 Å². The molecular formula is C25H25N5O3. The molecule has 1 saturated heterocycles. The number of pyridine rings is 1. The van der Waals surface area contributed by atoms with Crippen LogP contribution < -0.4 is 16.2 Å². The molecule has 1 aliphatic rings. The van der Waals surface area contributed by atoms with Crippen LogP contribution in [0.3, 0.4) is 0 Å². The van der Waals surface area contributed by atoms with Crippen LogP contribution in [0.15, 0.2) is 57.7 Å². The molecule has 0 atom stereocenters. The third kappa shape index (κ3) is 3.67. The van der Waals surface area contributed by atoms with E-state index in [9.17, 15) is 9.59 Å². The van der Waals surface area contributed by atoms with Gasteiger partial charge in [-0.3, -0.25) is 9.59 Å². The summed E-state index contributed by atoms with van der Waals surface area (Å²) in [5.41, 5.74) is 8.77. The van der Waals surface area contributed by atoms with Gasteiger partial charge >= 0.3 is 0 Å². The number of aryl methyl sites for hydroxylation is 2. The summed E-state index contributed by atoms with van der Waals surface area (Å²) in [7, 11) is 1.66. The first-order chi connectivity index (χ1) is 15.9. The fraction of sp³-hybridized carbons (Fsp3) is 0.280.